The number of fused-ring (bicyclic) bond motifs is 1. The predicted molar refractivity (Wildman–Crippen MR) is 137 cm³/mol. The fourth-order valence-electron chi connectivity index (χ4n) is 4.93. The number of hydrogen-bond acceptors (Lipinski definition) is 7. The number of anilines is 2. The number of piperidine rings is 1. The number of ether oxygens (including phenoxy) is 5. The standard InChI is InChI=1S/C28H27FN2O7/c1-34-23-12-16(13-24(35-2)27(23)36-3)26-20(28(33)30-18-6-4-17(29)5-7-18)9-11-25(32)31(26)19-8-10-21-22(14-19)38-15-37-21/h4-8,10,12-14,20,26H,9,11,15H2,1-3H3,(H,30,33)/t20-,26-/m0/s1. The predicted octanol–water partition coefficient (Wildman–Crippen LogP) is 4.70. The highest BCUT2D eigenvalue weighted by Crippen LogP contribution is 2.47. The Morgan fingerprint density at radius 2 is 1.63 bits per heavy atom. The van der Waals surface area contributed by atoms with Gasteiger partial charge in [-0.15, -0.1) is 0 Å². The first-order valence-corrected chi connectivity index (χ1v) is 12.0. The molecule has 0 bridgehead atoms. The lowest BCUT2D eigenvalue weighted by Crippen LogP contribution is -2.47. The molecule has 10 heteroatoms. The summed E-state index contributed by atoms with van der Waals surface area (Å²) >= 11 is 0. The molecule has 9 nitrogen and oxygen atoms in total. The van der Waals surface area contributed by atoms with Crippen molar-refractivity contribution >= 4 is 23.2 Å². The van der Waals surface area contributed by atoms with E-state index in [0.29, 0.717) is 52.1 Å². The molecule has 1 fully saturated rings. The van der Waals surface area contributed by atoms with E-state index in [1.165, 1.54) is 45.6 Å². The van der Waals surface area contributed by atoms with Gasteiger partial charge in [0.25, 0.3) is 0 Å². The van der Waals surface area contributed by atoms with Crippen molar-refractivity contribution in [2.75, 3.05) is 38.3 Å². The zero-order chi connectivity index (χ0) is 26.8. The Balaban J connectivity index is 1.62. The summed E-state index contributed by atoms with van der Waals surface area (Å²) in [5.74, 6) is 0.725. The lowest BCUT2D eigenvalue weighted by atomic mass is 9.82. The quantitative estimate of drug-likeness (QED) is 0.481. The summed E-state index contributed by atoms with van der Waals surface area (Å²) in [6.45, 7) is 0.0890. The fraction of sp³-hybridized carbons (Fsp3) is 0.286. The molecule has 3 aromatic rings. The molecule has 2 aliphatic rings. The number of methoxy groups -OCH3 is 3. The number of nitrogens with zero attached hydrogens (tertiary/aromatic N) is 1. The molecule has 0 aliphatic carbocycles. The Labute approximate surface area is 219 Å². The van der Waals surface area contributed by atoms with Gasteiger partial charge in [0.2, 0.25) is 24.4 Å². The topological polar surface area (TPSA) is 95.6 Å². The first kappa shape index (κ1) is 25.2. The van der Waals surface area contributed by atoms with Crippen LogP contribution in [0.4, 0.5) is 15.8 Å². The third-order valence-electron chi connectivity index (χ3n) is 6.71. The number of benzene rings is 3. The molecule has 2 heterocycles. The van der Waals surface area contributed by atoms with Crippen LogP contribution in [-0.2, 0) is 9.59 Å². The molecule has 0 radical (unpaired) electrons. The molecule has 3 aromatic carbocycles. The van der Waals surface area contributed by atoms with E-state index in [9.17, 15) is 14.0 Å². The van der Waals surface area contributed by atoms with Crippen LogP contribution in [0.2, 0.25) is 0 Å². The summed E-state index contributed by atoms with van der Waals surface area (Å²) in [7, 11) is 4.50. The normalized spacial score (nSPS) is 18.2. The van der Waals surface area contributed by atoms with Crippen LogP contribution in [0.3, 0.4) is 0 Å². The van der Waals surface area contributed by atoms with Gasteiger partial charge in [-0.3, -0.25) is 9.59 Å². The second-order valence-corrected chi connectivity index (χ2v) is 8.85. The van der Waals surface area contributed by atoms with Crippen molar-refractivity contribution in [2.24, 2.45) is 5.92 Å². The number of carbonyl (C=O) groups excluding carboxylic acids is 2. The van der Waals surface area contributed by atoms with Crippen molar-refractivity contribution < 1.29 is 37.7 Å². The van der Waals surface area contributed by atoms with E-state index < -0.39 is 17.8 Å². The fourth-order valence-corrected chi connectivity index (χ4v) is 4.93. The Bertz CT molecular complexity index is 1340. The van der Waals surface area contributed by atoms with Crippen molar-refractivity contribution in [1.29, 1.82) is 0 Å². The molecule has 2 amide bonds. The zero-order valence-electron chi connectivity index (χ0n) is 21.2. The van der Waals surface area contributed by atoms with Gasteiger partial charge >= 0.3 is 0 Å². The zero-order valence-corrected chi connectivity index (χ0v) is 21.2. The molecule has 2 aliphatic heterocycles. The molecule has 5 rings (SSSR count). The second kappa shape index (κ2) is 10.5. The lowest BCUT2D eigenvalue weighted by Gasteiger charge is -2.41. The van der Waals surface area contributed by atoms with E-state index in [-0.39, 0.29) is 25.0 Å². The van der Waals surface area contributed by atoms with E-state index in [0.717, 1.165) is 0 Å². The van der Waals surface area contributed by atoms with Crippen molar-refractivity contribution in [3.05, 3.63) is 66.0 Å². The van der Waals surface area contributed by atoms with Gasteiger partial charge in [0.05, 0.1) is 33.3 Å². The molecular weight excluding hydrogens is 495 g/mol. The van der Waals surface area contributed by atoms with Gasteiger partial charge in [-0.1, -0.05) is 0 Å². The number of amides is 2. The highest BCUT2D eigenvalue weighted by atomic mass is 19.1. The summed E-state index contributed by atoms with van der Waals surface area (Å²) in [6.07, 6.45) is 0.450. The second-order valence-electron chi connectivity index (χ2n) is 8.85. The van der Waals surface area contributed by atoms with Crippen LogP contribution >= 0.6 is 0 Å². The molecule has 1 saturated heterocycles. The molecule has 198 valence electrons. The lowest BCUT2D eigenvalue weighted by molar-refractivity contribution is -0.125. The van der Waals surface area contributed by atoms with E-state index in [2.05, 4.69) is 5.32 Å². The third kappa shape index (κ3) is 4.65. The number of halogens is 1. The van der Waals surface area contributed by atoms with Gasteiger partial charge in [0.15, 0.2) is 23.0 Å². The third-order valence-corrected chi connectivity index (χ3v) is 6.71. The van der Waals surface area contributed by atoms with E-state index >= 15 is 0 Å². The maximum Gasteiger partial charge on any atom is 0.231 e. The molecule has 0 saturated carbocycles. The van der Waals surface area contributed by atoms with Crippen molar-refractivity contribution in [2.45, 2.75) is 18.9 Å². The average Bonchev–Trinajstić information content (AvgIpc) is 3.41. The minimum absolute atomic E-state index is 0.0890. The number of carbonyl (C=O) groups is 2. The summed E-state index contributed by atoms with van der Waals surface area (Å²) < 4.78 is 41.0. The van der Waals surface area contributed by atoms with Crippen molar-refractivity contribution in [1.82, 2.24) is 0 Å². The Kier molecular flexibility index (Phi) is 6.95. The van der Waals surface area contributed by atoms with Crippen LogP contribution in [0.5, 0.6) is 28.7 Å². The van der Waals surface area contributed by atoms with Gasteiger partial charge in [0, 0.05) is 23.9 Å². The summed E-state index contributed by atoms with van der Waals surface area (Å²) in [6, 6.07) is 13.5. The van der Waals surface area contributed by atoms with Gasteiger partial charge < -0.3 is 33.9 Å². The minimum Gasteiger partial charge on any atom is -0.493 e. The number of hydrogen-bond donors (Lipinski definition) is 1. The van der Waals surface area contributed by atoms with Crippen molar-refractivity contribution in [3.8, 4) is 28.7 Å². The van der Waals surface area contributed by atoms with Crippen LogP contribution in [0, 0.1) is 11.7 Å². The summed E-state index contributed by atoms with van der Waals surface area (Å²) in [4.78, 5) is 28.7. The molecular formula is C28H27FN2O7. The summed E-state index contributed by atoms with van der Waals surface area (Å²) in [5.41, 5.74) is 1.62. The first-order valence-electron chi connectivity index (χ1n) is 12.0. The Morgan fingerprint density at radius 1 is 0.947 bits per heavy atom. The molecule has 2 atom stereocenters. The first-order chi connectivity index (χ1) is 18.4. The molecule has 0 unspecified atom stereocenters. The van der Waals surface area contributed by atoms with Crippen LogP contribution in [-0.4, -0.2) is 39.9 Å². The Morgan fingerprint density at radius 3 is 2.29 bits per heavy atom. The van der Waals surface area contributed by atoms with Gasteiger partial charge in [-0.05, 0) is 60.5 Å². The monoisotopic (exact) mass is 522 g/mol. The number of rotatable bonds is 7. The van der Waals surface area contributed by atoms with Crippen LogP contribution in [0.15, 0.2) is 54.6 Å². The van der Waals surface area contributed by atoms with Gasteiger partial charge in [-0.2, -0.15) is 0 Å². The van der Waals surface area contributed by atoms with Crippen LogP contribution in [0.25, 0.3) is 0 Å². The van der Waals surface area contributed by atoms with E-state index in [1.54, 1.807) is 35.2 Å². The SMILES string of the molecule is COc1cc([C@H]2[C@@H](C(=O)Nc3ccc(F)cc3)CCC(=O)N2c2ccc3c(c2)OCO3)cc(OC)c1OC. The molecule has 0 spiro atoms. The summed E-state index contributed by atoms with van der Waals surface area (Å²) in [5, 5.41) is 2.87. The smallest absolute Gasteiger partial charge is 0.231 e. The van der Waals surface area contributed by atoms with Gasteiger partial charge in [-0.25, -0.2) is 4.39 Å². The van der Waals surface area contributed by atoms with Crippen LogP contribution in [0.1, 0.15) is 24.4 Å². The number of nitrogens with one attached hydrogen (secondary N) is 1. The largest absolute Gasteiger partial charge is 0.493 e. The maximum absolute atomic E-state index is 13.7. The highest BCUT2D eigenvalue weighted by Gasteiger charge is 2.42. The van der Waals surface area contributed by atoms with Gasteiger partial charge in [0.1, 0.15) is 5.82 Å². The maximum atomic E-state index is 13.7. The molecule has 0 aromatic heterocycles. The minimum atomic E-state index is -0.731. The molecule has 1 N–H and O–H groups in total. The molecule has 38 heavy (non-hydrogen) atoms. The Hall–Kier alpha value is -4.47. The highest BCUT2D eigenvalue weighted by molar-refractivity contribution is 6.00. The van der Waals surface area contributed by atoms with Crippen LogP contribution < -0.4 is 33.9 Å². The van der Waals surface area contributed by atoms with E-state index in [4.69, 9.17) is 23.7 Å². The average molecular weight is 523 g/mol. The van der Waals surface area contributed by atoms with E-state index in [1.807, 2.05) is 0 Å². The van der Waals surface area contributed by atoms with Crippen molar-refractivity contribution in [3.63, 3.8) is 0 Å².